The number of hydrogen-bond donors (Lipinski definition) is 1. The molecule has 1 atom stereocenters. The number of hydrogen-bond acceptors (Lipinski definition) is 3. The van der Waals surface area contributed by atoms with Crippen molar-refractivity contribution in [2.45, 2.75) is 20.0 Å². The highest BCUT2D eigenvalue weighted by Crippen LogP contribution is 2.24. The van der Waals surface area contributed by atoms with Gasteiger partial charge in [0.15, 0.2) is 0 Å². The van der Waals surface area contributed by atoms with E-state index >= 15 is 0 Å². The third-order valence-corrected chi connectivity index (χ3v) is 2.73. The van der Waals surface area contributed by atoms with E-state index in [1.54, 1.807) is 12.1 Å². The Balaban J connectivity index is 2.08. The molecule has 0 aliphatic carbocycles. The third kappa shape index (κ3) is 3.14. The van der Waals surface area contributed by atoms with Crippen molar-refractivity contribution in [1.82, 2.24) is 0 Å². The van der Waals surface area contributed by atoms with Crippen LogP contribution in [0.3, 0.4) is 0 Å². The first kappa shape index (κ1) is 12.7. The van der Waals surface area contributed by atoms with Crippen LogP contribution >= 0.6 is 0 Å². The predicted octanol–water partition coefficient (Wildman–Crippen LogP) is 3.35. The van der Waals surface area contributed by atoms with Crippen LogP contribution in [0.25, 0.3) is 10.8 Å². The van der Waals surface area contributed by atoms with Gasteiger partial charge in [-0.2, -0.15) is 0 Å². The summed E-state index contributed by atoms with van der Waals surface area (Å²) in [5.41, 5.74) is 0. The van der Waals surface area contributed by atoms with Gasteiger partial charge in [-0.1, -0.05) is 12.1 Å². The highest BCUT2D eigenvalue weighted by atomic mass is 16.5. The van der Waals surface area contributed by atoms with E-state index in [-0.39, 0.29) is 11.9 Å². The summed E-state index contributed by atoms with van der Waals surface area (Å²) in [6.07, 6.45) is 0.0884. The van der Waals surface area contributed by atoms with Gasteiger partial charge in [0.05, 0.1) is 6.10 Å². The van der Waals surface area contributed by atoms with E-state index in [1.807, 2.05) is 38.1 Å². The van der Waals surface area contributed by atoms with Crippen LogP contribution < -0.4 is 4.74 Å². The van der Waals surface area contributed by atoms with Crippen LogP contribution in [0.4, 0.5) is 0 Å². The van der Waals surface area contributed by atoms with Crippen LogP contribution in [0.2, 0.25) is 0 Å². The molecule has 0 bridgehead atoms. The molecule has 0 aliphatic rings. The molecule has 3 heteroatoms. The quantitative estimate of drug-likeness (QED) is 0.879. The van der Waals surface area contributed by atoms with Crippen molar-refractivity contribution in [3.63, 3.8) is 0 Å². The summed E-state index contributed by atoms with van der Waals surface area (Å²) in [6.45, 7) is 5.19. The highest BCUT2D eigenvalue weighted by molar-refractivity contribution is 5.85. The number of aromatic hydroxyl groups is 1. The minimum atomic E-state index is 0.0884. The second-order valence-electron chi connectivity index (χ2n) is 4.27. The molecule has 18 heavy (non-hydrogen) atoms. The summed E-state index contributed by atoms with van der Waals surface area (Å²) in [6, 6.07) is 11.1. The average molecular weight is 246 g/mol. The minimum absolute atomic E-state index is 0.0884. The summed E-state index contributed by atoms with van der Waals surface area (Å²) in [5, 5.41) is 11.4. The molecule has 96 valence electrons. The van der Waals surface area contributed by atoms with Gasteiger partial charge in [-0.3, -0.25) is 0 Å². The van der Waals surface area contributed by atoms with E-state index in [0.29, 0.717) is 13.2 Å². The Morgan fingerprint density at radius 1 is 1.11 bits per heavy atom. The van der Waals surface area contributed by atoms with Crippen LogP contribution in [0.15, 0.2) is 36.4 Å². The Morgan fingerprint density at radius 2 is 1.83 bits per heavy atom. The van der Waals surface area contributed by atoms with Gasteiger partial charge in [-0.15, -0.1) is 0 Å². The topological polar surface area (TPSA) is 38.7 Å². The van der Waals surface area contributed by atoms with Gasteiger partial charge in [-0.05, 0) is 48.9 Å². The number of benzene rings is 2. The summed E-state index contributed by atoms with van der Waals surface area (Å²) in [7, 11) is 0. The van der Waals surface area contributed by atoms with Crippen molar-refractivity contribution in [1.29, 1.82) is 0 Å². The lowest BCUT2D eigenvalue weighted by atomic mass is 10.1. The first-order valence-electron chi connectivity index (χ1n) is 6.16. The molecule has 2 aromatic rings. The van der Waals surface area contributed by atoms with Crippen LogP contribution in [0.1, 0.15) is 13.8 Å². The summed E-state index contributed by atoms with van der Waals surface area (Å²) >= 11 is 0. The number of rotatable bonds is 5. The summed E-state index contributed by atoms with van der Waals surface area (Å²) < 4.78 is 11.1. The fraction of sp³-hybridized carbons (Fsp3) is 0.333. The first-order chi connectivity index (χ1) is 8.69. The normalized spacial score (nSPS) is 12.6. The lowest BCUT2D eigenvalue weighted by Crippen LogP contribution is -2.17. The fourth-order valence-corrected chi connectivity index (χ4v) is 1.85. The van der Waals surface area contributed by atoms with Gasteiger partial charge in [0.25, 0.3) is 0 Å². The fourth-order valence-electron chi connectivity index (χ4n) is 1.85. The zero-order valence-electron chi connectivity index (χ0n) is 10.7. The van der Waals surface area contributed by atoms with Crippen molar-refractivity contribution < 1.29 is 14.6 Å². The maximum absolute atomic E-state index is 9.39. The SMILES string of the molecule is CCO[C@@H](C)COc1ccc2cc(O)ccc2c1. The minimum Gasteiger partial charge on any atom is -0.508 e. The van der Waals surface area contributed by atoms with E-state index in [9.17, 15) is 5.11 Å². The second-order valence-corrected chi connectivity index (χ2v) is 4.27. The van der Waals surface area contributed by atoms with Crippen molar-refractivity contribution in [3.05, 3.63) is 36.4 Å². The number of phenolic OH excluding ortho intramolecular Hbond substituents is 1. The third-order valence-electron chi connectivity index (χ3n) is 2.73. The van der Waals surface area contributed by atoms with Gasteiger partial charge >= 0.3 is 0 Å². The van der Waals surface area contributed by atoms with Gasteiger partial charge in [0, 0.05) is 6.61 Å². The molecule has 0 fully saturated rings. The van der Waals surface area contributed by atoms with Crippen LogP contribution in [-0.4, -0.2) is 24.4 Å². The Morgan fingerprint density at radius 3 is 2.61 bits per heavy atom. The standard InChI is InChI=1S/C15H18O3/c1-3-17-11(2)10-18-15-7-5-12-8-14(16)6-4-13(12)9-15/h4-9,11,16H,3,10H2,1-2H3/t11-/m0/s1. The molecule has 0 aliphatic heterocycles. The van der Waals surface area contributed by atoms with Crippen molar-refractivity contribution in [3.8, 4) is 11.5 Å². The Hall–Kier alpha value is -1.74. The monoisotopic (exact) mass is 246 g/mol. The maximum atomic E-state index is 9.39. The van der Waals surface area contributed by atoms with Crippen LogP contribution in [-0.2, 0) is 4.74 Å². The van der Waals surface area contributed by atoms with E-state index in [1.165, 1.54) is 0 Å². The molecular weight excluding hydrogens is 228 g/mol. The van der Waals surface area contributed by atoms with Crippen molar-refractivity contribution in [2.75, 3.05) is 13.2 Å². The van der Waals surface area contributed by atoms with Gasteiger partial charge in [-0.25, -0.2) is 0 Å². The molecule has 2 rings (SSSR count). The number of ether oxygens (including phenoxy) is 2. The van der Waals surface area contributed by atoms with Crippen LogP contribution in [0, 0.1) is 0 Å². The molecule has 2 aromatic carbocycles. The maximum Gasteiger partial charge on any atom is 0.120 e. The van der Waals surface area contributed by atoms with E-state index in [2.05, 4.69) is 0 Å². The van der Waals surface area contributed by atoms with Gasteiger partial charge in [0.2, 0.25) is 0 Å². The molecule has 0 heterocycles. The molecule has 0 saturated carbocycles. The van der Waals surface area contributed by atoms with Crippen LogP contribution in [0.5, 0.6) is 11.5 Å². The van der Waals surface area contributed by atoms with Gasteiger partial charge < -0.3 is 14.6 Å². The van der Waals surface area contributed by atoms with Crippen molar-refractivity contribution >= 4 is 10.8 Å². The van der Waals surface area contributed by atoms with E-state index in [0.717, 1.165) is 16.5 Å². The number of phenols is 1. The highest BCUT2D eigenvalue weighted by Gasteiger charge is 2.03. The molecule has 0 amide bonds. The molecule has 0 aromatic heterocycles. The summed E-state index contributed by atoms with van der Waals surface area (Å²) in [4.78, 5) is 0. The largest absolute Gasteiger partial charge is 0.508 e. The van der Waals surface area contributed by atoms with Crippen molar-refractivity contribution in [2.24, 2.45) is 0 Å². The molecular formula is C15H18O3. The second kappa shape index (κ2) is 5.74. The molecule has 0 saturated heterocycles. The van der Waals surface area contributed by atoms with E-state index in [4.69, 9.17) is 9.47 Å². The number of fused-ring (bicyclic) bond motifs is 1. The predicted molar refractivity (Wildman–Crippen MR) is 72.2 cm³/mol. The molecule has 0 spiro atoms. The zero-order valence-corrected chi connectivity index (χ0v) is 10.7. The summed E-state index contributed by atoms with van der Waals surface area (Å²) in [5.74, 6) is 1.10. The molecule has 1 N–H and O–H groups in total. The molecule has 0 radical (unpaired) electrons. The first-order valence-corrected chi connectivity index (χ1v) is 6.16. The average Bonchev–Trinajstić information content (AvgIpc) is 2.36. The van der Waals surface area contributed by atoms with E-state index < -0.39 is 0 Å². The van der Waals surface area contributed by atoms with Gasteiger partial charge in [0.1, 0.15) is 18.1 Å². The molecule has 0 unspecified atom stereocenters. The Labute approximate surface area is 107 Å². The Bertz CT molecular complexity index is 522. The smallest absolute Gasteiger partial charge is 0.120 e. The zero-order chi connectivity index (χ0) is 13.0. The molecule has 3 nitrogen and oxygen atoms in total. The Kier molecular flexibility index (Phi) is 4.05. The lowest BCUT2D eigenvalue weighted by molar-refractivity contribution is 0.0402. The lowest BCUT2D eigenvalue weighted by Gasteiger charge is -2.13.